The standard InChI is InChI=1S/C12H20N4O2/c1-8(2)18-12-9(13)4-5-10(16-12)15-7-6-11(17)14-3/h4-5,8H,6-7,13H2,1-3H3,(H,14,17)(H,15,16). The highest BCUT2D eigenvalue weighted by Gasteiger charge is 2.06. The van der Waals surface area contributed by atoms with Crippen LogP contribution in [0, 0.1) is 0 Å². The van der Waals surface area contributed by atoms with Crippen molar-refractivity contribution < 1.29 is 9.53 Å². The van der Waals surface area contributed by atoms with Gasteiger partial charge in [-0.3, -0.25) is 4.79 Å². The van der Waals surface area contributed by atoms with Crippen molar-refractivity contribution in [3.05, 3.63) is 12.1 Å². The van der Waals surface area contributed by atoms with Crippen LogP contribution in [0.15, 0.2) is 12.1 Å². The van der Waals surface area contributed by atoms with Gasteiger partial charge in [0.2, 0.25) is 11.8 Å². The van der Waals surface area contributed by atoms with Crippen molar-refractivity contribution in [2.75, 3.05) is 24.6 Å². The number of anilines is 2. The fourth-order valence-electron chi connectivity index (χ4n) is 1.30. The van der Waals surface area contributed by atoms with Gasteiger partial charge in [-0.05, 0) is 26.0 Å². The molecule has 0 saturated heterocycles. The van der Waals surface area contributed by atoms with Crippen molar-refractivity contribution in [2.24, 2.45) is 0 Å². The zero-order chi connectivity index (χ0) is 13.5. The molecule has 0 unspecified atom stereocenters. The van der Waals surface area contributed by atoms with Crippen molar-refractivity contribution in [3.63, 3.8) is 0 Å². The first kappa shape index (κ1) is 14.1. The van der Waals surface area contributed by atoms with Crippen molar-refractivity contribution >= 4 is 17.4 Å². The van der Waals surface area contributed by atoms with Gasteiger partial charge in [0.25, 0.3) is 0 Å². The first-order chi connectivity index (χ1) is 8.52. The van der Waals surface area contributed by atoms with Crippen LogP contribution in [0.2, 0.25) is 0 Å². The number of nitrogens with one attached hydrogen (secondary N) is 2. The highest BCUT2D eigenvalue weighted by molar-refractivity contribution is 5.76. The molecule has 18 heavy (non-hydrogen) atoms. The van der Waals surface area contributed by atoms with Gasteiger partial charge in [-0.15, -0.1) is 0 Å². The number of pyridine rings is 1. The molecular weight excluding hydrogens is 232 g/mol. The van der Waals surface area contributed by atoms with E-state index in [2.05, 4.69) is 15.6 Å². The van der Waals surface area contributed by atoms with Crippen molar-refractivity contribution in [1.29, 1.82) is 0 Å². The zero-order valence-electron chi connectivity index (χ0n) is 11.0. The molecule has 0 atom stereocenters. The number of carbonyl (C=O) groups excluding carboxylic acids is 1. The van der Waals surface area contributed by atoms with E-state index in [4.69, 9.17) is 10.5 Å². The quantitative estimate of drug-likeness (QED) is 0.702. The molecule has 0 aliphatic carbocycles. The SMILES string of the molecule is CNC(=O)CCNc1ccc(N)c(OC(C)C)n1. The Bertz CT molecular complexity index is 407. The summed E-state index contributed by atoms with van der Waals surface area (Å²) in [7, 11) is 1.61. The fraction of sp³-hybridized carbons (Fsp3) is 0.500. The lowest BCUT2D eigenvalue weighted by molar-refractivity contribution is -0.120. The summed E-state index contributed by atoms with van der Waals surface area (Å²) in [6.45, 7) is 4.33. The molecule has 0 saturated carbocycles. The number of carbonyl (C=O) groups is 1. The van der Waals surface area contributed by atoms with Crippen LogP contribution in [0.4, 0.5) is 11.5 Å². The summed E-state index contributed by atoms with van der Waals surface area (Å²) >= 11 is 0. The molecule has 1 rings (SSSR count). The second-order valence-corrected chi connectivity index (χ2v) is 4.11. The Morgan fingerprint density at radius 1 is 1.50 bits per heavy atom. The van der Waals surface area contributed by atoms with E-state index in [0.717, 1.165) is 0 Å². The van der Waals surface area contributed by atoms with Crippen LogP contribution in [-0.4, -0.2) is 30.6 Å². The minimum Gasteiger partial charge on any atom is -0.473 e. The van der Waals surface area contributed by atoms with Gasteiger partial charge >= 0.3 is 0 Å². The number of ether oxygens (including phenoxy) is 1. The van der Waals surface area contributed by atoms with Gasteiger partial charge in [0, 0.05) is 20.0 Å². The number of nitrogen functional groups attached to an aromatic ring is 1. The van der Waals surface area contributed by atoms with Crippen molar-refractivity contribution in [1.82, 2.24) is 10.3 Å². The van der Waals surface area contributed by atoms with E-state index in [0.29, 0.717) is 30.4 Å². The minimum atomic E-state index is -0.0170. The molecule has 0 bridgehead atoms. The van der Waals surface area contributed by atoms with Gasteiger partial charge in [-0.2, -0.15) is 4.98 Å². The average Bonchev–Trinajstić information content (AvgIpc) is 2.32. The van der Waals surface area contributed by atoms with E-state index < -0.39 is 0 Å². The van der Waals surface area contributed by atoms with Gasteiger partial charge in [0.05, 0.1) is 11.8 Å². The highest BCUT2D eigenvalue weighted by Crippen LogP contribution is 2.21. The van der Waals surface area contributed by atoms with Crippen LogP contribution in [-0.2, 0) is 4.79 Å². The summed E-state index contributed by atoms with van der Waals surface area (Å²) in [4.78, 5) is 15.3. The second kappa shape index (κ2) is 6.68. The summed E-state index contributed by atoms with van der Waals surface area (Å²) in [6, 6.07) is 3.49. The molecule has 6 heteroatoms. The van der Waals surface area contributed by atoms with Crippen molar-refractivity contribution in [2.45, 2.75) is 26.4 Å². The maximum absolute atomic E-state index is 11.1. The van der Waals surface area contributed by atoms with Gasteiger partial charge in [0.1, 0.15) is 5.82 Å². The normalized spacial score (nSPS) is 10.2. The maximum Gasteiger partial charge on any atom is 0.239 e. The molecular formula is C12H20N4O2. The van der Waals surface area contributed by atoms with Gasteiger partial charge < -0.3 is 21.1 Å². The lowest BCUT2D eigenvalue weighted by atomic mass is 10.3. The lowest BCUT2D eigenvalue weighted by Crippen LogP contribution is -2.21. The topological polar surface area (TPSA) is 89.3 Å². The maximum atomic E-state index is 11.1. The summed E-state index contributed by atoms with van der Waals surface area (Å²) < 4.78 is 5.48. The Balaban J connectivity index is 2.58. The summed E-state index contributed by atoms with van der Waals surface area (Å²) in [6.07, 6.45) is 0.407. The lowest BCUT2D eigenvalue weighted by Gasteiger charge is -2.12. The molecule has 1 amide bonds. The predicted octanol–water partition coefficient (Wildman–Crippen LogP) is 0.999. The van der Waals surface area contributed by atoms with Gasteiger partial charge in [-0.1, -0.05) is 0 Å². The Kier molecular flexibility index (Phi) is 5.23. The highest BCUT2D eigenvalue weighted by atomic mass is 16.5. The number of aromatic nitrogens is 1. The van der Waals surface area contributed by atoms with Crippen molar-refractivity contribution in [3.8, 4) is 5.88 Å². The Labute approximate surface area is 107 Å². The predicted molar refractivity (Wildman–Crippen MR) is 71.6 cm³/mol. The minimum absolute atomic E-state index is 0.0147. The molecule has 1 heterocycles. The third-order valence-corrected chi connectivity index (χ3v) is 2.17. The second-order valence-electron chi connectivity index (χ2n) is 4.11. The third-order valence-electron chi connectivity index (χ3n) is 2.17. The molecule has 0 fully saturated rings. The molecule has 6 nitrogen and oxygen atoms in total. The molecule has 0 spiro atoms. The van der Waals surface area contributed by atoms with E-state index in [1.165, 1.54) is 0 Å². The van der Waals surface area contributed by atoms with Gasteiger partial charge in [0.15, 0.2) is 0 Å². The van der Waals surface area contributed by atoms with Crippen LogP contribution in [0.1, 0.15) is 20.3 Å². The number of rotatable bonds is 6. The Morgan fingerprint density at radius 2 is 2.22 bits per heavy atom. The number of amides is 1. The largest absolute Gasteiger partial charge is 0.473 e. The summed E-state index contributed by atoms with van der Waals surface area (Å²) in [5, 5.41) is 5.60. The van der Waals surface area contributed by atoms with Gasteiger partial charge in [-0.25, -0.2) is 0 Å². The number of nitrogens with two attached hydrogens (primary N) is 1. The third kappa shape index (κ3) is 4.48. The number of hydrogen-bond acceptors (Lipinski definition) is 5. The van der Waals surface area contributed by atoms with E-state index in [1.807, 2.05) is 13.8 Å². The number of hydrogen-bond donors (Lipinski definition) is 3. The fourth-order valence-corrected chi connectivity index (χ4v) is 1.30. The molecule has 4 N–H and O–H groups in total. The average molecular weight is 252 g/mol. The van der Waals surface area contributed by atoms with E-state index in [9.17, 15) is 4.79 Å². The molecule has 0 radical (unpaired) electrons. The molecule has 1 aromatic rings. The van der Waals surface area contributed by atoms with E-state index in [1.54, 1.807) is 19.2 Å². The Hall–Kier alpha value is -1.98. The first-order valence-corrected chi connectivity index (χ1v) is 5.90. The number of nitrogens with zero attached hydrogens (tertiary/aromatic N) is 1. The van der Waals surface area contributed by atoms with Crippen LogP contribution < -0.4 is 21.1 Å². The Morgan fingerprint density at radius 3 is 2.83 bits per heavy atom. The molecule has 1 aromatic heterocycles. The monoisotopic (exact) mass is 252 g/mol. The van der Waals surface area contributed by atoms with Crippen LogP contribution in [0.5, 0.6) is 5.88 Å². The van der Waals surface area contributed by atoms with Crippen LogP contribution in [0.25, 0.3) is 0 Å². The molecule has 100 valence electrons. The molecule has 0 aliphatic heterocycles. The summed E-state index contributed by atoms with van der Waals surface area (Å²) in [5.41, 5.74) is 6.26. The van der Waals surface area contributed by atoms with E-state index >= 15 is 0 Å². The molecule has 0 aromatic carbocycles. The van der Waals surface area contributed by atoms with E-state index in [-0.39, 0.29) is 12.0 Å². The summed E-state index contributed by atoms with van der Waals surface area (Å²) in [5.74, 6) is 1.04. The van der Waals surface area contributed by atoms with Crippen LogP contribution >= 0.6 is 0 Å². The molecule has 0 aliphatic rings. The first-order valence-electron chi connectivity index (χ1n) is 5.90. The van der Waals surface area contributed by atoms with Crippen LogP contribution in [0.3, 0.4) is 0 Å². The smallest absolute Gasteiger partial charge is 0.239 e. The zero-order valence-corrected chi connectivity index (χ0v) is 11.0.